The van der Waals surface area contributed by atoms with Crippen molar-refractivity contribution >= 4 is 23.9 Å². The summed E-state index contributed by atoms with van der Waals surface area (Å²) in [6.07, 6.45) is 0. The summed E-state index contributed by atoms with van der Waals surface area (Å²) in [6.45, 7) is 0. The van der Waals surface area contributed by atoms with Crippen LogP contribution in [0.3, 0.4) is 0 Å². The molecule has 0 fully saturated rings. The van der Waals surface area contributed by atoms with Crippen molar-refractivity contribution in [3.63, 3.8) is 0 Å². The SMILES string of the molecule is [Ag].[Cu].[Sn].[Zr]. The predicted molar refractivity (Wildman–Crippen MR) is 5.75 cm³/mol. The summed E-state index contributed by atoms with van der Waals surface area (Å²) in [5.74, 6) is 0. The van der Waals surface area contributed by atoms with Crippen LogP contribution in [0.2, 0.25) is 0 Å². The number of hydrogen-bond donors (Lipinski definition) is 0. The zero-order chi connectivity index (χ0) is 0. The number of rotatable bonds is 0. The second-order valence-corrected chi connectivity index (χ2v) is 0. The van der Waals surface area contributed by atoms with Crippen LogP contribution in [0.25, 0.3) is 0 Å². The van der Waals surface area contributed by atoms with Crippen LogP contribution in [0.4, 0.5) is 0 Å². The van der Waals surface area contributed by atoms with E-state index < -0.39 is 0 Å². The van der Waals surface area contributed by atoms with E-state index in [9.17, 15) is 0 Å². The molecule has 0 unspecified atom stereocenters. The van der Waals surface area contributed by atoms with Crippen LogP contribution in [0, 0.1) is 0 Å². The molecule has 0 saturated heterocycles. The smallest absolute Gasteiger partial charge is 0 e. The molecule has 0 heterocycles. The fraction of sp³-hybridized carbons (Fsp3) is 0. The first kappa shape index (κ1) is 28.3. The van der Waals surface area contributed by atoms with Crippen molar-refractivity contribution in [3.8, 4) is 0 Å². The van der Waals surface area contributed by atoms with Gasteiger partial charge in [-0.3, -0.25) is 0 Å². The molecule has 0 nitrogen and oxygen atoms in total. The van der Waals surface area contributed by atoms with E-state index in [0.29, 0.717) is 0 Å². The van der Waals surface area contributed by atoms with Crippen molar-refractivity contribution in [2.24, 2.45) is 0 Å². The third kappa shape index (κ3) is 8.87. The quantitative estimate of drug-likeness (QED) is 0.502. The summed E-state index contributed by atoms with van der Waals surface area (Å²) in [5, 5.41) is 0. The Labute approximate surface area is 87.9 Å². The largest absolute Gasteiger partial charge is 0 e. The van der Waals surface area contributed by atoms with Gasteiger partial charge in [0.2, 0.25) is 0 Å². The molecule has 0 aliphatic rings. The van der Waals surface area contributed by atoms with Crippen molar-refractivity contribution in [1.29, 1.82) is 0 Å². The summed E-state index contributed by atoms with van der Waals surface area (Å²) >= 11 is 0. The minimum atomic E-state index is 0. The molecule has 0 aromatic heterocycles. The van der Waals surface area contributed by atoms with E-state index >= 15 is 0 Å². The molecule has 0 bridgehead atoms. The molecule has 6 radical (unpaired) electrons. The predicted octanol–water partition coefficient (Wildman–Crippen LogP) is -0.388. The van der Waals surface area contributed by atoms with Gasteiger partial charge in [-0.2, -0.15) is 0 Å². The molecule has 0 rings (SSSR count). The van der Waals surface area contributed by atoms with Gasteiger partial charge in [0.05, 0.1) is 0 Å². The topological polar surface area (TPSA) is 0 Å². The van der Waals surface area contributed by atoms with Gasteiger partial charge in [-0.1, -0.05) is 0 Å². The maximum Gasteiger partial charge on any atom is 0 e. The van der Waals surface area contributed by atoms with Crippen LogP contribution in [0.1, 0.15) is 0 Å². The number of hydrogen-bond acceptors (Lipinski definition) is 0. The molecule has 0 saturated carbocycles. The monoisotopic (exact) mass is 380 g/mol. The Hall–Kier alpha value is 2.94. The Morgan fingerprint density at radius 2 is 1.00 bits per heavy atom. The molecule has 0 spiro atoms. The Kier molecular flexibility index (Phi) is 119. The van der Waals surface area contributed by atoms with Gasteiger partial charge >= 0.3 is 0 Å². The van der Waals surface area contributed by atoms with E-state index in [-0.39, 0.29) is 89.6 Å². The third-order valence-electron chi connectivity index (χ3n) is 0. The average molecular weight is 381 g/mol. The minimum absolute atomic E-state index is 0. The van der Waals surface area contributed by atoms with Gasteiger partial charge < -0.3 is 0 Å². The Morgan fingerprint density at radius 1 is 1.00 bits per heavy atom. The molecule has 0 N–H and O–H groups in total. The zero-order valence-corrected chi connectivity index (χ0v) is 9.34. The molecule has 0 amide bonds. The van der Waals surface area contributed by atoms with Gasteiger partial charge in [-0.15, -0.1) is 0 Å². The average Bonchev–Trinajstić information content (AvgIpc) is 0. The van der Waals surface area contributed by atoms with Gasteiger partial charge in [0, 0.05) is 89.6 Å². The first-order valence-corrected chi connectivity index (χ1v) is 0. The molecule has 0 atom stereocenters. The van der Waals surface area contributed by atoms with E-state index in [0.717, 1.165) is 0 Å². The molecule has 30 valence electrons. The second kappa shape index (κ2) is 16.8. The van der Waals surface area contributed by atoms with E-state index in [1.54, 1.807) is 0 Å². The van der Waals surface area contributed by atoms with E-state index in [1.807, 2.05) is 0 Å². The minimum Gasteiger partial charge on any atom is 0 e. The summed E-state index contributed by atoms with van der Waals surface area (Å²) in [6, 6.07) is 0. The van der Waals surface area contributed by atoms with Gasteiger partial charge in [-0.05, 0) is 0 Å². The normalized spacial score (nSPS) is 0. The molecule has 0 aromatic rings. The van der Waals surface area contributed by atoms with Gasteiger partial charge in [-0.25, -0.2) is 0 Å². The Bertz CT molecular complexity index is 8.00. The summed E-state index contributed by atoms with van der Waals surface area (Å²) in [4.78, 5) is 0. The molecule has 4 heavy (non-hydrogen) atoms. The van der Waals surface area contributed by atoms with Crippen molar-refractivity contribution in [2.75, 3.05) is 0 Å². The molecular formula is AgCuSnZr. The Balaban J connectivity index is 0. The second-order valence-electron chi connectivity index (χ2n) is 0. The maximum atomic E-state index is 0. The fourth-order valence-electron chi connectivity index (χ4n) is 0. The Morgan fingerprint density at radius 3 is 1.00 bits per heavy atom. The zero-order valence-electron chi connectivity index (χ0n) is 1.60. The van der Waals surface area contributed by atoms with Crippen LogP contribution in [0.15, 0.2) is 0 Å². The maximum absolute atomic E-state index is 0. The summed E-state index contributed by atoms with van der Waals surface area (Å²) < 4.78 is 0. The van der Waals surface area contributed by atoms with Crippen LogP contribution >= 0.6 is 0 Å². The van der Waals surface area contributed by atoms with Crippen LogP contribution in [-0.4, -0.2) is 23.9 Å². The van der Waals surface area contributed by atoms with Crippen molar-refractivity contribution < 1.29 is 65.7 Å². The third-order valence-corrected chi connectivity index (χ3v) is 0. The van der Waals surface area contributed by atoms with E-state index in [2.05, 4.69) is 0 Å². The van der Waals surface area contributed by atoms with Crippen LogP contribution in [0.5, 0.6) is 0 Å². The first-order valence-electron chi connectivity index (χ1n) is 0. The molecular weight excluding hydrogens is 381 g/mol. The van der Waals surface area contributed by atoms with Crippen LogP contribution in [-0.2, 0) is 65.7 Å². The van der Waals surface area contributed by atoms with Gasteiger partial charge in [0.25, 0.3) is 0 Å². The fourth-order valence-corrected chi connectivity index (χ4v) is 0. The van der Waals surface area contributed by atoms with Crippen LogP contribution < -0.4 is 0 Å². The summed E-state index contributed by atoms with van der Waals surface area (Å²) in [7, 11) is 0. The van der Waals surface area contributed by atoms with Crippen molar-refractivity contribution in [2.45, 2.75) is 0 Å². The molecule has 0 aromatic carbocycles. The molecule has 0 aliphatic carbocycles. The first-order chi connectivity index (χ1) is 0. The van der Waals surface area contributed by atoms with Gasteiger partial charge in [0.15, 0.2) is 0 Å². The van der Waals surface area contributed by atoms with Gasteiger partial charge in [0.1, 0.15) is 0 Å². The van der Waals surface area contributed by atoms with Crippen molar-refractivity contribution in [1.82, 2.24) is 0 Å². The van der Waals surface area contributed by atoms with Crippen molar-refractivity contribution in [3.05, 3.63) is 0 Å². The summed E-state index contributed by atoms with van der Waals surface area (Å²) in [5.41, 5.74) is 0. The van der Waals surface area contributed by atoms with E-state index in [4.69, 9.17) is 0 Å². The molecule has 4 heteroatoms. The molecule has 0 aliphatic heterocycles. The van der Waals surface area contributed by atoms with E-state index in [1.165, 1.54) is 0 Å². The standard InChI is InChI=1S/Ag.Cu.Sn.Zr.